The van der Waals surface area contributed by atoms with Crippen LogP contribution < -0.4 is 10.6 Å². The first-order chi connectivity index (χ1) is 16.8. The molecule has 0 bridgehead atoms. The Labute approximate surface area is 200 Å². The number of nitrogens with one attached hydrogen (secondary N) is 2. The summed E-state index contributed by atoms with van der Waals surface area (Å²) in [6.45, 7) is -0.0439. The molecule has 2 aromatic rings. The van der Waals surface area contributed by atoms with Crippen LogP contribution >= 0.6 is 0 Å². The highest BCUT2D eigenvalue weighted by Crippen LogP contribution is 2.45. The van der Waals surface area contributed by atoms with Gasteiger partial charge in [-0.2, -0.15) is 8.78 Å². The Morgan fingerprint density at radius 2 is 1.46 bits per heavy atom. The first kappa shape index (κ1) is 23.3. The largest absolute Gasteiger partial charge is 0.480 e. The number of benzene rings is 2. The number of rotatable bonds is 9. The minimum Gasteiger partial charge on any atom is -0.480 e. The van der Waals surface area contributed by atoms with Crippen LogP contribution in [0.3, 0.4) is 0 Å². The molecule has 0 radical (unpaired) electrons. The molecule has 3 N–H and O–H groups in total. The average molecular weight is 484 g/mol. The fraction of sp³-hybridized carbons (Fsp3) is 0.423. The number of carboxylic acids is 1. The van der Waals surface area contributed by atoms with Crippen molar-refractivity contribution >= 4 is 18.0 Å². The monoisotopic (exact) mass is 484 g/mol. The Bertz CT molecular complexity index is 1120. The third-order valence-corrected chi connectivity index (χ3v) is 7.05. The van der Waals surface area contributed by atoms with Crippen molar-refractivity contribution in [2.75, 3.05) is 6.61 Å². The lowest BCUT2D eigenvalue weighted by Gasteiger charge is -2.28. The normalized spacial score (nSPS) is 18.7. The molecule has 0 saturated heterocycles. The van der Waals surface area contributed by atoms with Gasteiger partial charge in [0.25, 0.3) is 5.91 Å². The maximum absolute atomic E-state index is 15.1. The Balaban J connectivity index is 1.25. The molecule has 5 rings (SSSR count). The zero-order valence-corrected chi connectivity index (χ0v) is 18.9. The first-order valence-corrected chi connectivity index (χ1v) is 11.8. The van der Waals surface area contributed by atoms with Crippen molar-refractivity contribution in [3.05, 3.63) is 59.7 Å². The van der Waals surface area contributed by atoms with E-state index in [2.05, 4.69) is 5.32 Å². The number of amides is 2. The molecule has 2 amide bonds. The first-order valence-electron chi connectivity index (χ1n) is 11.8. The third kappa shape index (κ3) is 4.59. The summed E-state index contributed by atoms with van der Waals surface area (Å²) in [5, 5.41) is 13.4. The minimum absolute atomic E-state index is 0.0439. The average Bonchev–Trinajstić information content (AvgIpc) is 3.76. The molecule has 3 aliphatic rings. The van der Waals surface area contributed by atoms with Crippen molar-refractivity contribution in [3.63, 3.8) is 0 Å². The predicted molar refractivity (Wildman–Crippen MR) is 122 cm³/mol. The van der Waals surface area contributed by atoms with Gasteiger partial charge in [0.2, 0.25) is 0 Å². The maximum atomic E-state index is 15.1. The topological polar surface area (TPSA) is 105 Å². The Hall–Kier alpha value is -3.49. The van der Waals surface area contributed by atoms with E-state index in [1.807, 2.05) is 53.8 Å². The van der Waals surface area contributed by atoms with E-state index in [9.17, 15) is 19.5 Å². The van der Waals surface area contributed by atoms with Gasteiger partial charge < -0.3 is 20.5 Å². The molecule has 184 valence electrons. The lowest BCUT2D eigenvalue weighted by Crippen LogP contribution is -2.59. The van der Waals surface area contributed by atoms with Crippen molar-refractivity contribution in [2.24, 2.45) is 11.8 Å². The molecular formula is C26H26F2N2O5. The molecule has 2 fully saturated rings. The van der Waals surface area contributed by atoms with E-state index in [1.54, 1.807) is 0 Å². The summed E-state index contributed by atoms with van der Waals surface area (Å²) in [5.74, 6) is -8.17. The van der Waals surface area contributed by atoms with Gasteiger partial charge in [0.05, 0.1) is 0 Å². The van der Waals surface area contributed by atoms with Gasteiger partial charge in [-0.15, -0.1) is 0 Å². The van der Waals surface area contributed by atoms with E-state index in [4.69, 9.17) is 4.74 Å². The van der Waals surface area contributed by atoms with E-state index in [1.165, 1.54) is 0 Å². The number of alkyl halides is 2. The molecular weight excluding hydrogens is 458 g/mol. The van der Waals surface area contributed by atoms with E-state index in [0.717, 1.165) is 22.3 Å². The van der Waals surface area contributed by atoms with Crippen molar-refractivity contribution in [2.45, 2.75) is 49.6 Å². The van der Waals surface area contributed by atoms with Gasteiger partial charge >= 0.3 is 18.0 Å². The van der Waals surface area contributed by atoms with Crippen molar-refractivity contribution in [1.29, 1.82) is 0 Å². The molecule has 9 heteroatoms. The number of hydrogen-bond donors (Lipinski definition) is 3. The molecule has 2 atom stereocenters. The van der Waals surface area contributed by atoms with Crippen molar-refractivity contribution in [3.8, 4) is 11.1 Å². The molecule has 0 aromatic heterocycles. The summed E-state index contributed by atoms with van der Waals surface area (Å²) in [6, 6.07) is 12.4. The van der Waals surface area contributed by atoms with E-state index >= 15 is 8.78 Å². The fourth-order valence-corrected chi connectivity index (χ4v) is 4.89. The Kier molecular flexibility index (Phi) is 5.94. The Morgan fingerprint density at radius 1 is 0.914 bits per heavy atom. The Morgan fingerprint density at radius 3 is 1.97 bits per heavy atom. The van der Waals surface area contributed by atoms with Crippen LogP contribution in [-0.4, -0.2) is 47.7 Å². The fourth-order valence-electron chi connectivity index (χ4n) is 4.89. The van der Waals surface area contributed by atoms with Gasteiger partial charge in [0.1, 0.15) is 18.7 Å². The van der Waals surface area contributed by atoms with Crippen LogP contribution in [0.15, 0.2) is 48.5 Å². The standard InChI is InChI=1S/C26H26F2N2O5/c27-26(28,24(33)29-21(23(31)32)14-9-10-14)22(15-11-12-15)30-25(34)35-13-20-18-7-3-1-5-16(18)17-6-2-4-8-19(17)20/h1-8,14-15,20-22H,9-13H2,(H,29,33)(H,30,34)(H,31,32). The van der Waals surface area contributed by atoms with Crippen LogP contribution in [0.4, 0.5) is 13.6 Å². The highest BCUT2D eigenvalue weighted by atomic mass is 19.3. The zero-order chi connectivity index (χ0) is 24.7. The van der Waals surface area contributed by atoms with E-state index in [0.29, 0.717) is 25.7 Å². The number of carbonyl (C=O) groups is 3. The summed E-state index contributed by atoms with van der Waals surface area (Å²) >= 11 is 0. The zero-order valence-electron chi connectivity index (χ0n) is 18.9. The van der Waals surface area contributed by atoms with Crippen LogP contribution in [0.25, 0.3) is 11.1 Å². The van der Waals surface area contributed by atoms with Crippen molar-refractivity contribution < 1.29 is 33.0 Å². The molecule has 0 spiro atoms. The quantitative estimate of drug-likeness (QED) is 0.501. The van der Waals surface area contributed by atoms with Gasteiger partial charge in [-0.25, -0.2) is 9.59 Å². The number of carboxylic acid groups (broad SMARTS) is 1. The number of halogens is 2. The predicted octanol–water partition coefficient (Wildman–Crippen LogP) is 3.92. The third-order valence-electron chi connectivity index (χ3n) is 7.05. The smallest absolute Gasteiger partial charge is 0.407 e. The summed E-state index contributed by atoms with van der Waals surface area (Å²) < 4.78 is 35.6. The number of ether oxygens (including phenoxy) is 1. The maximum Gasteiger partial charge on any atom is 0.407 e. The highest BCUT2D eigenvalue weighted by Gasteiger charge is 2.55. The highest BCUT2D eigenvalue weighted by molar-refractivity contribution is 5.89. The van der Waals surface area contributed by atoms with Gasteiger partial charge in [-0.3, -0.25) is 4.79 Å². The number of carbonyl (C=O) groups excluding carboxylic acids is 2. The number of aliphatic carboxylic acids is 1. The van der Waals surface area contributed by atoms with E-state index in [-0.39, 0.29) is 18.4 Å². The van der Waals surface area contributed by atoms with Crippen LogP contribution in [0.5, 0.6) is 0 Å². The van der Waals surface area contributed by atoms with Crippen LogP contribution in [0, 0.1) is 11.8 Å². The van der Waals surface area contributed by atoms with Gasteiger partial charge in [-0.05, 0) is 59.8 Å². The summed E-state index contributed by atoms with van der Waals surface area (Å²) in [5.41, 5.74) is 4.06. The SMILES string of the molecule is O=C(NC(C1CC1)C(F)(F)C(=O)NC(C(=O)O)C1CC1)OCC1c2ccccc2-c2ccccc21. The molecule has 3 aliphatic carbocycles. The molecule has 0 aliphatic heterocycles. The minimum atomic E-state index is -3.98. The lowest BCUT2D eigenvalue weighted by atomic mass is 9.98. The molecule has 35 heavy (non-hydrogen) atoms. The molecule has 2 unspecified atom stereocenters. The summed E-state index contributed by atoms with van der Waals surface area (Å²) in [4.78, 5) is 36.4. The molecule has 2 aromatic carbocycles. The molecule has 7 nitrogen and oxygen atoms in total. The van der Waals surface area contributed by atoms with Gasteiger partial charge in [0, 0.05) is 5.92 Å². The number of fused-ring (bicyclic) bond motifs is 3. The summed E-state index contributed by atoms with van der Waals surface area (Å²) in [7, 11) is 0. The number of alkyl carbamates (subject to hydrolysis) is 1. The van der Waals surface area contributed by atoms with Crippen LogP contribution in [0.1, 0.15) is 42.7 Å². The van der Waals surface area contributed by atoms with Gasteiger partial charge in [-0.1, -0.05) is 48.5 Å². The summed E-state index contributed by atoms with van der Waals surface area (Å²) in [6.07, 6.45) is 0.956. The second-order valence-corrected chi connectivity index (χ2v) is 9.53. The van der Waals surface area contributed by atoms with Crippen molar-refractivity contribution in [1.82, 2.24) is 10.6 Å². The second kappa shape index (κ2) is 8.94. The number of hydrogen-bond acceptors (Lipinski definition) is 4. The van der Waals surface area contributed by atoms with Crippen LogP contribution in [0.2, 0.25) is 0 Å². The van der Waals surface area contributed by atoms with Crippen LogP contribution in [-0.2, 0) is 14.3 Å². The second-order valence-electron chi connectivity index (χ2n) is 9.53. The molecule has 2 saturated carbocycles. The lowest BCUT2D eigenvalue weighted by molar-refractivity contribution is -0.155. The molecule has 0 heterocycles. The van der Waals surface area contributed by atoms with E-state index < -0.39 is 41.9 Å². The van der Waals surface area contributed by atoms with Gasteiger partial charge in [0.15, 0.2) is 0 Å².